The number of nitrogens with zero attached hydrogens (tertiary/aromatic N) is 2. The first-order valence-corrected chi connectivity index (χ1v) is 22.7. The molecule has 308 valence electrons. The van der Waals surface area contributed by atoms with Gasteiger partial charge < -0.3 is 9.47 Å². The van der Waals surface area contributed by atoms with Crippen LogP contribution in [-0.4, -0.2) is 4.57 Å². The zero-order valence-electron chi connectivity index (χ0n) is 36.1. The van der Waals surface area contributed by atoms with Gasteiger partial charge in [-0.3, -0.25) is 0 Å². The number of hydrogen-bond donors (Lipinski definition) is 0. The van der Waals surface area contributed by atoms with Crippen molar-refractivity contribution in [2.75, 3.05) is 4.90 Å². The molecule has 1 heterocycles. The minimum absolute atomic E-state index is 1.12. The molecular formula is C64H42N2. The Bertz CT molecular complexity index is 3780. The molecular weight excluding hydrogens is 797 g/mol. The van der Waals surface area contributed by atoms with Crippen molar-refractivity contribution in [3.8, 4) is 50.2 Å². The third-order valence-electron chi connectivity index (χ3n) is 13.5. The first-order valence-electron chi connectivity index (χ1n) is 22.7. The minimum Gasteiger partial charge on any atom is -0.311 e. The molecule has 0 unspecified atom stereocenters. The second-order valence-electron chi connectivity index (χ2n) is 17.3. The van der Waals surface area contributed by atoms with Gasteiger partial charge in [0, 0.05) is 33.5 Å². The SMILES string of the molecule is c1ccc(-c2cc(-c3ccccc3)cc(-c3ccc4c5c6ccc7ccc(-c8ccc(N(c9ccccc9)c9ccccc9)cc8)c8ccc(cc5n(-c5ccccc5)c4c3)c6c78)c2)cc1. The van der Waals surface area contributed by atoms with Crippen molar-refractivity contribution < 1.29 is 0 Å². The van der Waals surface area contributed by atoms with E-state index in [0.717, 1.165) is 22.7 Å². The zero-order chi connectivity index (χ0) is 43.6. The normalized spacial score (nSPS) is 11.6. The second-order valence-corrected chi connectivity index (χ2v) is 17.3. The van der Waals surface area contributed by atoms with Gasteiger partial charge in [0.15, 0.2) is 0 Å². The van der Waals surface area contributed by atoms with Crippen molar-refractivity contribution in [1.29, 1.82) is 0 Å². The maximum atomic E-state index is 2.48. The molecule has 0 fully saturated rings. The molecule has 0 saturated heterocycles. The Kier molecular flexibility index (Phi) is 8.89. The average Bonchev–Trinajstić information content (AvgIpc) is 3.73. The van der Waals surface area contributed by atoms with Crippen LogP contribution >= 0.6 is 0 Å². The number of aromatic nitrogens is 1. The molecule has 0 amide bonds. The van der Waals surface area contributed by atoms with Crippen molar-refractivity contribution in [1.82, 2.24) is 4.57 Å². The molecule has 0 radical (unpaired) electrons. The lowest BCUT2D eigenvalue weighted by Gasteiger charge is -2.25. The van der Waals surface area contributed by atoms with E-state index in [-0.39, 0.29) is 0 Å². The van der Waals surface area contributed by atoms with Crippen molar-refractivity contribution in [2.45, 2.75) is 0 Å². The van der Waals surface area contributed by atoms with Crippen LogP contribution in [0, 0.1) is 0 Å². The van der Waals surface area contributed by atoms with Crippen molar-refractivity contribution >= 4 is 71.2 Å². The summed E-state index contributed by atoms with van der Waals surface area (Å²) in [6.45, 7) is 0. The molecule has 2 heteroatoms. The predicted molar refractivity (Wildman–Crippen MR) is 281 cm³/mol. The van der Waals surface area contributed by atoms with Gasteiger partial charge in [-0.2, -0.15) is 0 Å². The quantitative estimate of drug-likeness (QED) is 0.138. The van der Waals surface area contributed by atoms with E-state index >= 15 is 0 Å². The van der Waals surface area contributed by atoms with Crippen LogP contribution < -0.4 is 4.90 Å². The molecule has 0 N–H and O–H groups in total. The Hall–Kier alpha value is -8.72. The van der Waals surface area contributed by atoms with E-state index < -0.39 is 0 Å². The summed E-state index contributed by atoms with van der Waals surface area (Å²) in [7, 11) is 0. The summed E-state index contributed by atoms with van der Waals surface area (Å²) in [4.78, 5) is 2.32. The molecule has 0 bridgehead atoms. The molecule has 0 aliphatic heterocycles. The van der Waals surface area contributed by atoms with E-state index in [2.05, 4.69) is 264 Å². The lowest BCUT2D eigenvalue weighted by molar-refractivity contribution is 1.18. The Balaban J connectivity index is 0.994. The average molecular weight is 839 g/mol. The fourth-order valence-corrected chi connectivity index (χ4v) is 10.4. The largest absolute Gasteiger partial charge is 0.311 e. The number of para-hydroxylation sites is 3. The van der Waals surface area contributed by atoms with Crippen LogP contribution in [0.2, 0.25) is 0 Å². The summed E-state index contributed by atoms with van der Waals surface area (Å²) in [5, 5.41) is 10.2. The summed E-state index contributed by atoms with van der Waals surface area (Å²) in [6.07, 6.45) is 0. The maximum absolute atomic E-state index is 2.48. The maximum Gasteiger partial charge on any atom is 0.0553 e. The van der Waals surface area contributed by atoms with Gasteiger partial charge in [-0.25, -0.2) is 0 Å². The van der Waals surface area contributed by atoms with E-state index in [4.69, 9.17) is 0 Å². The molecule has 0 atom stereocenters. The van der Waals surface area contributed by atoms with Crippen LogP contribution in [0.5, 0.6) is 0 Å². The van der Waals surface area contributed by atoms with Gasteiger partial charge in [0.25, 0.3) is 0 Å². The van der Waals surface area contributed by atoms with Gasteiger partial charge >= 0.3 is 0 Å². The van der Waals surface area contributed by atoms with Crippen molar-refractivity contribution in [3.63, 3.8) is 0 Å². The summed E-state index contributed by atoms with van der Waals surface area (Å²) in [5.74, 6) is 0. The fraction of sp³-hybridized carbons (Fsp3) is 0. The van der Waals surface area contributed by atoms with E-state index in [9.17, 15) is 0 Å². The molecule has 0 saturated carbocycles. The molecule has 13 aromatic rings. The first kappa shape index (κ1) is 37.8. The molecule has 0 aliphatic rings. The topological polar surface area (TPSA) is 8.17 Å². The van der Waals surface area contributed by atoms with Crippen LogP contribution in [0.25, 0.3) is 104 Å². The number of anilines is 3. The van der Waals surface area contributed by atoms with E-state index in [1.54, 1.807) is 0 Å². The van der Waals surface area contributed by atoms with E-state index in [1.807, 2.05) is 0 Å². The van der Waals surface area contributed by atoms with Crippen molar-refractivity contribution in [2.24, 2.45) is 0 Å². The molecule has 12 aromatic carbocycles. The highest BCUT2D eigenvalue weighted by atomic mass is 15.1. The second kappa shape index (κ2) is 15.5. The van der Waals surface area contributed by atoms with Gasteiger partial charge in [-0.1, -0.05) is 176 Å². The standard InChI is InChI=1S/C64H42N2/c1-6-16-43(17-7-1)49-38-50(44-18-8-2-9-19-44)40-51(39-49)47-30-36-58-60(41-47)66(54-24-14-5-15-25-54)61-42-48-31-35-57-56(34-28-46-29-37-59(64(58)61)63(48)62(46)57)45-26-32-55(33-27-45)65(52-20-10-3-11-21-52)53-22-12-4-13-23-53/h1-42H. The smallest absolute Gasteiger partial charge is 0.0553 e. The van der Waals surface area contributed by atoms with Gasteiger partial charge in [-0.05, 0) is 156 Å². The third kappa shape index (κ3) is 6.26. The monoisotopic (exact) mass is 838 g/mol. The van der Waals surface area contributed by atoms with Crippen LogP contribution in [0.15, 0.2) is 255 Å². The van der Waals surface area contributed by atoms with Crippen LogP contribution in [0.1, 0.15) is 0 Å². The summed E-state index contributed by atoms with van der Waals surface area (Å²) >= 11 is 0. The Morgan fingerprint density at radius 1 is 0.258 bits per heavy atom. The lowest BCUT2D eigenvalue weighted by Crippen LogP contribution is -2.09. The zero-order valence-corrected chi connectivity index (χ0v) is 36.1. The molecule has 66 heavy (non-hydrogen) atoms. The van der Waals surface area contributed by atoms with Crippen molar-refractivity contribution in [3.05, 3.63) is 255 Å². The molecule has 1 aromatic heterocycles. The first-order chi connectivity index (χ1) is 32.7. The summed E-state index contributed by atoms with van der Waals surface area (Å²) in [6, 6.07) is 93.1. The van der Waals surface area contributed by atoms with Gasteiger partial charge in [0.1, 0.15) is 0 Å². The predicted octanol–water partition coefficient (Wildman–Crippen LogP) is 17.8. The number of hydrogen-bond acceptors (Lipinski definition) is 1. The van der Waals surface area contributed by atoms with Crippen LogP contribution in [-0.2, 0) is 0 Å². The number of benzene rings is 12. The summed E-state index contributed by atoms with van der Waals surface area (Å²) < 4.78 is 2.48. The molecule has 2 nitrogen and oxygen atoms in total. The summed E-state index contributed by atoms with van der Waals surface area (Å²) in [5.41, 5.74) is 16.6. The minimum atomic E-state index is 1.12. The number of fused-ring (bicyclic) bond motifs is 4. The van der Waals surface area contributed by atoms with E-state index in [0.29, 0.717) is 0 Å². The Morgan fingerprint density at radius 3 is 1.35 bits per heavy atom. The van der Waals surface area contributed by atoms with Crippen LogP contribution in [0.3, 0.4) is 0 Å². The number of rotatable bonds is 8. The lowest BCUT2D eigenvalue weighted by atomic mass is 9.88. The fourth-order valence-electron chi connectivity index (χ4n) is 10.4. The van der Waals surface area contributed by atoms with Gasteiger partial charge in [0.05, 0.1) is 11.0 Å². The molecule has 0 aliphatic carbocycles. The van der Waals surface area contributed by atoms with Gasteiger partial charge in [0.2, 0.25) is 0 Å². The van der Waals surface area contributed by atoms with Gasteiger partial charge in [-0.15, -0.1) is 0 Å². The van der Waals surface area contributed by atoms with Crippen LogP contribution in [0.4, 0.5) is 17.1 Å². The Labute approximate surface area is 383 Å². The third-order valence-corrected chi connectivity index (χ3v) is 13.5. The highest BCUT2D eigenvalue weighted by Crippen LogP contribution is 2.46. The Morgan fingerprint density at radius 2 is 0.727 bits per heavy atom. The highest BCUT2D eigenvalue weighted by Gasteiger charge is 2.21. The molecule has 13 rings (SSSR count). The van der Waals surface area contributed by atoms with E-state index in [1.165, 1.54) is 98.6 Å². The highest BCUT2D eigenvalue weighted by molar-refractivity contribution is 6.34. The molecule has 0 spiro atoms.